The first-order valence-electron chi connectivity index (χ1n) is 4.80. The summed E-state index contributed by atoms with van der Waals surface area (Å²) in [5, 5.41) is 18.4. The van der Waals surface area contributed by atoms with Crippen LogP contribution >= 0.6 is 0 Å². The van der Waals surface area contributed by atoms with E-state index in [1.54, 1.807) is 24.3 Å². The van der Waals surface area contributed by atoms with Gasteiger partial charge >= 0.3 is 0 Å². The summed E-state index contributed by atoms with van der Waals surface area (Å²) in [5.41, 5.74) is 2.17. The van der Waals surface area contributed by atoms with Gasteiger partial charge in [0, 0.05) is 0 Å². The van der Waals surface area contributed by atoms with E-state index in [-0.39, 0.29) is 11.5 Å². The van der Waals surface area contributed by atoms with Crippen molar-refractivity contribution in [2.45, 2.75) is 6.42 Å². The summed E-state index contributed by atoms with van der Waals surface area (Å²) < 4.78 is 0. The van der Waals surface area contributed by atoms with Gasteiger partial charge in [-0.1, -0.05) is 24.3 Å². The maximum Gasteiger partial charge on any atom is 0.115 e. The Kier molecular flexibility index (Phi) is 2.59. The number of phenols is 2. The van der Waals surface area contributed by atoms with Crippen LogP contribution < -0.4 is 0 Å². The van der Waals surface area contributed by atoms with Crippen LogP contribution in [0.15, 0.2) is 48.5 Å². The molecule has 2 rings (SSSR count). The van der Waals surface area contributed by atoms with E-state index in [2.05, 4.69) is 0 Å². The highest BCUT2D eigenvalue weighted by molar-refractivity contribution is 5.33. The second-order valence-electron chi connectivity index (χ2n) is 3.51. The molecule has 0 aromatic heterocycles. The van der Waals surface area contributed by atoms with E-state index in [4.69, 9.17) is 5.11 Å². The zero-order chi connectivity index (χ0) is 10.7. The van der Waals surface area contributed by atoms with E-state index in [0.29, 0.717) is 0 Å². The topological polar surface area (TPSA) is 40.5 Å². The molecule has 2 heteroatoms. The Bertz CT molecular complexity index is 446. The van der Waals surface area contributed by atoms with Gasteiger partial charge in [0.2, 0.25) is 0 Å². The average molecular weight is 200 g/mol. The highest BCUT2D eigenvalue weighted by atomic mass is 16.3. The molecule has 0 spiro atoms. The summed E-state index contributed by atoms with van der Waals surface area (Å²) in [7, 11) is 0. The van der Waals surface area contributed by atoms with Crippen molar-refractivity contribution in [2.24, 2.45) is 0 Å². The van der Waals surface area contributed by atoms with Crippen molar-refractivity contribution < 1.29 is 10.2 Å². The normalized spacial score (nSPS) is 10.1. The van der Waals surface area contributed by atoms with Crippen LogP contribution in [0.5, 0.6) is 11.5 Å². The molecule has 2 aromatic carbocycles. The van der Waals surface area contributed by atoms with E-state index in [1.807, 2.05) is 24.3 Å². The smallest absolute Gasteiger partial charge is 0.115 e. The van der Waals surface area contributed by atoms with Gasteiger partial charge in [0.15, 0.2) is 0 Å². The first-order chi connectivity index (χ1) is 7.24. The molecule has 0 aliphatic carbocycles. The minimum Gasteiger partial charge on any atom is -0.508 e. The molecule has 0 atom stereocenters. The number of aromatic hydroxyl groups is 2. The summed E-state index contributed by atoms with van der Waals surface area (Å²) in [5.74, 6) is 0.556. The fourth-order valence-electron chi connectivity index (χ4n) is 1.52. The third-order valence-electron chi connectivity index (χ3n) is 2.26. The molecular weight excluding hydrogens is 188 g/mol. The van der Waals surface area contributed by atoms with Crippen molar-refractivity contribution in [3.8, 4) is 11.5 Å². The first-order valence-corrected chi connectivity index (χ1v) is 4.80. The van der Waals surface area contributed by atoms with Gasteiger partial charge in [-0.05, 0) is 41.8 Å². The predicted octanol–water partition coefficient (Wildman–Crippen LogP) is 2.69. The molecule has 76 valence electrons. The Hall–Kier alpha value is -1.96. The SMILES string of the molecule is Oc1ccc(Cc2cccc(O)c2)cc1. The van der Waals surface area contributed by atoms with Crippen LogP contribution in [-0.2, 0) is 6.42 Å². The fraction of sp³-hybridized carbons (Fsp3) is 0.0769. The Balaban J connectivity index is 2.18. The summed E-state index contributed by atoms with van der Waals surface area (Å²) in [6.07, 6.45) is 0.759. The summed E-state index contributed by atoms with van der Waals surface area (Å²) in [4.78, 5) is 0. The molecule has 0 fully saturated rings. The predicted molar refractivity (Wildman–Crippen MR) is 59.0 cm³/mol. The van der Waals surface area contributed by atoms with Crippen LogP contribution in [0.3, 0.4) is 0 Å². The van der Waals surface area contributed by atoms with Gasteiger partial charge < -0.3 is 10.2 Å². The molecule has 2 N–H and O–H groups in total. The van der Waals surface area contributed by atoms with Crippen molar-refractivity contribution in [2.75, 3.05) is 0 Å². The lowest BCUT2D eigenvalue weighted by Gasteiger charge is -2.02. The second-order valence-corrected chi connectivity index (χ2v) is 3.51. The Labute approximate surface area is 88.4 Å². The largest absolute Gasteiger partial charge is 0.508 e. The molecule has 0 aliphatic heterocycles. The molecule has 0 amide bonds. The standard InChI is InChI=1S/C13H12O2/c14-12-6-4-10(5-7-12)8-11-2-1-3-13(15)9-11/h1-7,9,14-15H,8H2. The monoisotopic (exact) mass is 200 g/mol. The molecule has 0 aliphatic rings. The van der Waals surface area contributed by atoms with E-state index >= 15 is 0 Å². The van der Waals surface area contributed by atoms with Crippen LogP contribution in [0, 0.1) is 0 Å². The number of phenolic OH excluding ortho intramolecular Hbond substituents is 2. The summed E-state index contributed by atoms with van der Waals surface area (Å²) in [6, 6.07) is 14.3. The summed E-state index contributed by atoms with van der Waals surface area (Å²) >= 11 is 0. The highest BCUT2D eigenvalue weighted by Gasteiger charge is 1.97. The molecule has 0 saturated carbocycles. The van der Waals surface area contributed by atoms with E-state index in [0.717, 1.165) is 17.5 Å². The van der Waals surface area contributed by atoms with Gasteiger partial charge in [-0.15, -0.1) is 0 Å². The Morgan fingerprint density at radius 1 is 0.733 bits per heavy atom. The number of hydrogen-bond donors (Lipinski definition) is 2. The first kappa shape index (κ1) is 9.59. The second kappa shape index (κ2) is 4.05. The maximum absolute atomic E-state index is 9.30. The summed E-state index contributed by atoms with van der Waals surface area (Å²) in [6.45, 7) is 0. The van der Waals surface area contributed by atoms with Crippen molar-refractivity contribution >= 4 is 0 Å². The Morgan fingerprint density at radius 3 is 2.13 bits per heavy atom. The van der Waals surface area contributed by atoms with Gasteiger partial charge in [-0.2, -0.15) is 0 Å². The van der Waals surface area contributed by atoms with Crippen LogP contribution in [0.1, 0.15) is 11.1 Å². The van der Waals surface area contributed by atoms with Gasteiger partial charge in [0.25, 0.3) is 0 Å². The molecule has 2 aromatic rings. The average Bonchev–Trinajstić information content (AvgIpc) is 2.22. The van der Waals surface area contributed by atoms with Gasteiger partial charge in [-0.25, -0.2) is 0 Å². The minimum absolute atomic E-state index is 0.273. The van der Waals surface area contributed by atoms with E-state index < -0.39 is 0 Å². The van der Waals surface area contributed by atoms with Gasteiger partial charge in [0.05, 0.1) is 0 Å². The van der Waals surface area contributed by atoms with Gasteiger partial charge in [-0.3, -0.25) is 0 Å². The number of hydrogen-bond acceptors (Lipinski definition) is 2. The molecule has 0 saturated heterocycles. The van der Waals surface area contributed by atoms with E-state index in [9.17, 15) is 5.11 Å². The minimum atomic E-state index is 0.273. The molecule has 0 heterocycles. The maximum atomic E-state index is 9.30. The van der Waals surface area contributed by atoms with Gasteiger partial charge in [0.1, 0.15) is 11.5 Å². The quantitative estimate of drug-likeness (QED) is 0.782. The van der Waals surface area contributed by atoms with Crippen LogP contribution in [0.25, 0.3) is 0 Å². The van der Waals surface area contributed by atoms with Crippen molar-refractivity contribution in [3.63, 3.8) is 0 Å². The number of benzene rings is 2. The lowest BCUT2D eigenvalue weighted by atomic mass is 10.0. The molecule has 2 nitrogen and oxygen atoms in total. The van der Waals surface area contributed by atoms with Crippen LogP contribution in [0.2, 0.25) is 0 Å². The number of rotatable bonds is 2. The van der Waals surface area contributed by atoms with Crippen LogP contribution in [0.4, 0.5) is 0 Å². The Morgan fingerprint density at radius 2 is 1.47 bits per heavy atom. The zero-order valence-electron chi connectivity index (χ0n) is 8.22. The fourth-order valence-corrected chi connectivity index (χ4v) is 1.52. The highest BCUT2D eigenvalue weighted by Crippen LogP contribution is 2.16. The third-order valence-corrected chi connectivity index (χ3v) is 2.26. The van der Waals surface area contributed by atoms with E-state index in [1.165, 1.54) is 0 Å². The van der Waals surface area contributed by atoms with Crippen molar-refractivity contribution in [1.29, 1.82) is 0 Å². The molecule has 0 unspecified atom stereocenters. The molecule has 15 heavy (non-hydrogen) atoms. The lowest BCUT2D eigenvalue weighted by molar-refractivity contribution is 0.474. The van der Waals surface area contributed by atoms with Crippen LogP contribution in [-0.4, -0.2) is 10.2 Å². The molecule has 0 bridgehead atoms. The zero-order valence-corrected chi connectivity index (χ0v) is 8.22. The van der Waals surface area contributed by atoms with Crippen molar-refractivity contribution in [3.05, 3.63) is 59.7 Å². The van der Waals surface area contributed by atoms with Crippen molar-refractivity contribution in [1.82, 2.24) is 0 Å². The lowest BCUT2D eigenvalue weighted by Crippen LogP contribution is -1.86. The third kappa shape index (κ3) is 2.50. The molecule has 0 radical (unpaired) electrons. The molecular formula is C13H12O2.